The number of pyridine rings is 1. The first kappa shape index (κ1) is 13.3. The molecule has 2 N–H and O–H groups in total. The molecular weight excluding hydrogens is 228 g/mol. The lowest BCUT2D eigenvalue weighted by atomic mass is 10.0. The van der Waals surface area contributed by atoms with Gasteiger partial charge in [-0.15, -0.1) is 0 Å². The first-order valence-corrected chi connectivity index (χ1v) is 6.76. The fourth-order valence-electron chi connectivity index (χ4n) is 2.54. The highest BCUT2D eigenvalue weighted by Crippen LogP contribution is 2.24. The van der Waals surface area contributed by atoms with E-state index in [2.05, 4.69) is 16.8 Å². The molecule has 1 aromatic rings. The standard InChI is InChI=1S/C14H22N2O2/c1-2-12-7-11(9-17)8-14(15-12)16-6-4-3-5-13(16)10-18/h7-8,13,17-18H,2-6,9-10H2,1H3. The minimum absolute atomic E-state index is 0.0418. The molecule has 1 saturated heterocycles. The van der Waals surface area contributed by atoms with Gasteiger partial charge in [0.1, 0.15) is 5.82 Å². The third-order valence-corrected chi connectivity index (χ3v) is 3.60. The summed E-state index contributed by atoms with van der Waals surface area (Å²) in [6, 6.07) is 4.05. The number of piperidine rings is 1. The van der Waals surface area contributed by atoms with Crippen LogP contribution in [0.1, 0.15) is 37.4 Å². The first-order chi connectivity index (χ1) is 8.78. The molecule has 4 nitrogen and oxygen atoms in total. The Balaban J connectivity index is 2.29. The second-order valence-electron chi connectivity index (χ2n) is 4.86. The summed E-state index contributed by atoms with van der Waals surface area (Å²) in [5, 5.41) is 18.8. The van der Waals surface area contributed by atoms with Crippen LogP contribution in [0.3, 0.4) is 0 Å². The third kappa shape index (κ3) is 2.82. The van der Waals surface area contributed by atoms with Crippen LogP contribution in [0.5, 0.6) is 0 Å². The first-order valence-electron chi connectivity index (χ1n) is 6.76. The van der Waals surface area contributed by atoms with E-state index in [0.717, 1.165) is 42.9 Å². The molecule has 1 atom stereocenters. The molecule has 1 aromatic heterocycles. The molecule has 18 heavy (non-hydrogen) atoms. The van der Waals surface area contributed by atoms with Crippen LogP contribution in [0, 0.1) is 0 Å². The Morgan fingerprint density at radius 3 is 2.83 bits per heavy atom. The Hall–Kier alpha value is -1.13. The van der Waals surface area contributed by atoms with E-state index in [-0.39, 0.29) is 19.3 Å². The molecule has 0 spiro atoms. The van der Waals surface area contributed by atoms with Crippen LogP contribution < -0.4 is 4.90 Å². The van der Waals surface area contributed by atoms with Crippen molar-refractivity contribution in [2.24, 2.45) is 0 Å². The molecule has 1 fully saturated rings. The van der Waals surface area contributed by atoms with Crippen molar-refractivity contribution in [2.45, 2.75) is 45.3 Å². The monoisotopic (exact) mass is 250 g/mol. The summed E-state index contributed by atoms with van der Waals surface area (Å²) in [7, 11) is 0. The zero-order chi connectivity index (χ0) is 13.0. The fraction of sp³-hybridized carbons (Fsp3) is 0.643. The predicted molar refractivity (Wildman–Crippen MR) is 71.6 cm³/mol. The minimum Gasteiger partial charge on any atom is -0.394 e. The molecule has 100 valence electrons. The Labute approximate surface area is 108 Å². The average Bonchev–Trinajstić information content (AvgIpc) is 2.46. The van der Waals surface area contributed by atoms with Crippen LogP contribution in [0.4, 0.5) is 5.82 Å². The van der Waals surface area contributed by atoms with Gasteiger partial charge in [-0.1, -0.05) is 6.92 Å². The number of rotatable bonds is 4. The molecule has 2 rings (SSSR count). The molecule has 0 saturated carbocycles. The maximum atomic E-state index is 9.46. The number of hydrogen-bond acceptors (Lipinski definition) is 4. The van der Waals surface area contributed by atoms with E-state index in [9.17, 15) is 10.2 Å². The van der Waals surface area contributed by atoms with Crippen LogP contribution in [-0.2, 0) is 13.0 Å². The van der Waals surface area contributed by atoms with E-state index in [1.54, 1.807) is 0 Å². The zero-order valence-electron chi connectivity index (χ0n) is 11.0. The largest absolute Gasteiger partial charge is 0.394 e. The van der Waals surface area contributed by atoms with Crippen LogP contribution in [0.25, 0.3) is 0 Å². The van der Waals surface area contributed by atoms with Crippen molar-refractivity contribution in [1.29, 1.82) is 0 Å². The molecule has 0 amide bonds. The molecule has 1 aliphatic heterocycles. The second-order valence-corrected chi connectivity index (χ2v) is 4.86. The van der Waals surface area contributed by atoms with Gasteiger partial charge in [0.2, 0.25) is 0 Å². The number of aromatic nitrogens is 1. The number of aryl methyl sites for hydroxylation is 1. The van der Waals surface area contributed by atoms with E-state index in [1.807, 2.05) is 12.1 Å². The molecule has 4 heteroatoms. The van der Waals surface area contributed by atoms with E-state index in [1.165, 1.54) is 6.42 Å². The third-order valence-electron chi connectivity index (χ3n) is 3.60. The van der Waals surface area contributed by atoms with Gasteiger partial charge in [0.05, 0.1) is 19.3 Å². The Bertz CT molecular complexity index is 373. The van der Waals surface area contributed by atoms with Gasteiger partial charge in [0.15, 0.2) is 0 Å². The average molecular weight is 250 g/mol. The lowest BCUT2D eigenvalue weighted by Crippen LogP contribution is -2.42. The molecule has 1 aliphatic rings. The summed E-state index contributed by atoms with van der Waals surface area (Å²) < 4.78 is 0. The van der Waals surface area contributed by atoms with Gasteiger partial charge in [-0.05, 0) is 43.4 Å². The van der Waals surface area contributed by atoms with Gasteiger partial charge < -0.3 is 15.1 Å². The maximum Gasteiger partial charge on any atom is 0.129 e. The topological polar surface area (TPSA) is 56.6 Å². The molecule has 0 bridgehead atoms. The number of hydrogen-bond donors (Lipinski definition) is 2. The van der Waals surface area contributed by atoms with E-state index >= 15 is 0 Å². The zero-order valence-corrected chi connectivity index (χ0v) is 11.0. The number of nitrogens with zero attached hydrogens (tertiary/aromatic N) is 2. The highest BCUT2D eigenvalue weighted by atomic mass is 16.3. The van der Waals surface area contributed by atoms with Crippen molar-refractivity contribution < 1.29 is 10.2 Å². The summed E-state index contributed by atoms with van der Waals surface area (Å²) >= 11 is 0. The smallest absolute Gasteiger partial charge is 0.129 e. The molecule has 0 aliphatic carbocycles. The van der Waals surface area contributed by atoms with E-state index in [4.69, 9.17) is 0 Å². The summed E-state index contributed by atoms with van der Waals surface area (Å²) in [6.07, 6.45) is 4.19. The normalized spacial score (nSPS) is 20.2. The lowest BCUT2D eigenvalue weighted by Gasteiger charge is -2.36. The number of aliphatic hydroxyl groups excluding tert-OH is 2. The van der Waals surface area contributed by atoms with E-state index in [0.29, 0.717) is 0 Å². The van der Waals surface area contributed by atoms with Crippen LogP contribution >= 0.6 is 0 Å². The SMILES string of the molecule is CCc1cc(CO)cc(N2CCCCC2CO)n1. The summed E-state index contributed by atoms with van der Waals surface area (Å²) in [4.78, 5) is 6.81. The second kappa shape index (κ2) is 6.16. The summed E-state index contributed by atoms with van der Waals surface area (Å²) in [5.74, 6) is 0.900. The quantitative estimate of drug-likeness (QED) is 0.850. The fourth-order valence-corrected chi connectivity index (χ4v) is 2.54. The Kier molecular flexibility index (Phi) is 4.55. The van der Waals surface area contributed by atoms with Gasteiger partial charge >= 0.3 is 0 Å². The molecule has 0 radical (unpaired) electrons. The lowest BCUT2D eigenvalue weighted by molar-refractivity contribution is 0.239. The van der Waals surface area contributed by atoms with Gasteiger partial charge in [0, 0.05) is 12.2 Å². The van der Waals surface area contributed by atoms with Crippen molar-refractivity contribution >= 4 is 5.82 Å². The number of anilines is 1. The van der Waals surface area contributed by atoms with Crippen molar-refractivity contribution in [3.63, 3.8) is 0 Å². The van der Waals surface area contributed by atoms with Crippen LogP contribution in [-0.4, -0.2) is 34.4 Å². The van der Waals surface area contributed by atoms with Crippen LogP contribution in [0.2, 0.25) is 0 Å². The molecular formula is C14H22N2O2. The van der Waals surface area contributed by atoms with E-state index < -0.39 is 0 Å². The van der Waals surface area contributed by atoms with Crippen LogP contribution in [0.15, 0.2) is 12.1 Å². The van der Waals surface area contributed by atoms with Gasteiger partial charge in [-0.3, -0.25) is 0 Å². The van der Waals surface area contributed by atoms with Crippen molar-refractivity contribution in [3.05, 3.63) is 23.4 Å². The minimum atomic E-state index is 0.0418. The molecule has 0 aromatic carbocycles. The Morgan fingerprint density at radius 2 is 2.17 bits per heavy atom. The van der Waals surface area contributed by atoms with Crippen molar-refractivity contribution in [3.8, 4) is 0 Å². The Morgan fingerprint density at radius 1 is 1.33 bits per heavy atom. The number of aliphatic hydroxyl groups is 2. The highest BCUT2D eigenvalue weighted by Gasteiger charge is 2.23. The molecule has 2 heterocycles. The summed E-state index contributed by atoms with van der Waals surface area (Å²) in [6.45, 7) is 3.22. The summed E-state index contributed by atoms with van der Waals surface area (Å²) in [5.41, 5.74) is 1.90. The van der Waals surface area contributed by atoms with Gasteiger partial charge in [-0.2, -0.15) is 0 Å². The van der Waals surface area contributed by atoms with Crippen molar-refractivity contribution in [2.75, 3.05) is 18.1 Å². The predicted octanol–water partition coefficient (Wildman–Crippen LogP) is 1.49. The van der Waals surface area contributed by atoms with Gasteiger partial charge in [0.25, 0.3) is 0 Å². The van der Waals surface area contributed by atoms with Crippen molar-refractivity contribution in [1.82, 2.24) is 4.98 Å². The maximum absolute atomic E-state index is 9.46. The highest BCUT2D eigenvalue weighted by molar-refractivity contribution is 5.44. The van der Waals surface area contributed by atoms with Gasteiger partial charge in [-0.25, -0.2) is 4.98 Å². The molecule has 1 unspecified atom stereocenters.